The number of anilines is 1. The highest BCUT2D eigenvalue weighted by Gasteiger charge is 2.07. The van der Waals surface area contributed by atoms with Crippen molar-refractivity contribution in [2.75, 3.05) is 11.9 Å². The Kier molecular flexibility index (Phi) is 4.72. The molecule has 0 aliphatic rings. The lowest BCUT2D eigenvalue weighted by atomic mass is 10.1. The number of hydrogen-bond acceptors (Lipinski definition) is 4. The first kappa shape index (κ1) is 12.4. The third kappa shape index (κ3) is 3.51. The number of nitrogens with two attached hydrogens (primary N) is 1. The van der Waals surface area contributed by atoms with E-state index < -0.39 is 4.92 Å². The zero-order valence-electron chi connectivity index (χ0n) is 9.35. The smallest absolute Gasteiger partial charge is 0.269 e. The van der Waals surface area contributed by atoms with Crippen LogP contribution in [0.5, 0.6) is 0 Å². The minimum absolute atomic E-state index is 0.109. The summed E-state index contributed by atoms with van der Waals surface area (Å²) in [4.78, 5) is 10.1. The van der Waals surface area contributed by atoms with E-state index in [1.165, 1.54) is 12.1 Å². The van der Waals surface area contributed by atoms with Crippen LogP contribution in [-0.2, 0) is 0 Å². The second kappa shape index (κ2) is 6.07. The summed E-state index contributed by atoms with van der Waals surface area (Å²) in [5, 5.41) is 13.8. The molecule has 0 saturated heterocycles. The van der Waals surface area contributed by atoms with Gasteiger partial charge in [-0.15, -0.1) is 0 Å². The number of benzene rings is 1. The predicted octanol–water partition coefficient (Wildman–Crippen LogP) is 2.13. The van der Waals surface area contributed by atoms with E-state index in [4.69, 9.17) is 5.73 Å². The molecule has 0 radical (unpaired) electrons. The topological polar surface area (TPSA) is 81.2 Å². The molecule has 0 heterocycles. The number of nitro groups is 1. The van der Waals surface area contributed by atoms with Crippen LogP contribution in [0, 0.1) is 10.1 Å². The van der Waals surface area contributed by atoms with Gasteiger partial charge in [-0.1, -0.05) is 6.92 Å². The number of rotatable bonds is 6. The minimum atomic E-state index is -0.402. The normalized spacial score (nSPS) is 12.1. The van der Waals surface area contributed by atoms with E-state index in [0.29, 0.717) is 12.6 Å². The summed E-state index contributed by atoms with van der Waals surface area (Å²) >= 11 is 0. The highest BCUT2D eigenvalue weighted by molar-refractivity contribution is 5.49. The lowest BCUT2D eigenvalue weighted by Gasteiger charge is -2.17. The van der Waals surface area contributed by atoms with E-state index in [0.717, 1.165) is 18.5 Å². The lowest BCUT2D eigenvalue weighted by Crippen LogP contribution is -2.22. The molecule has 0 bridgehead atoms. The highest BCUT2D eigenvalue weighted by Crippen LogP contribution is 2.17. The van der Waals surface area contributed by atoms with Crippen molar-refractivity contribution in [1.29, 1.82) is 0 Å². The standard InChI is InChI=1S/C11H17N3O2/c1-2-9(7-8-12)13-10-3-5-11(6-4-10)14(15)16/h3-6,9,13H,2,7-8,12H2,1H3. The molecule has 16 heavy (non-hydrogen) atoms. The molecule has 0 aliphatic carbocycles. The Labute approximate surface area is 94.8 Å². The van der Waals surface area contributed by atoms with Crippen LogP contribution in [0.1, 0.15) is 19.8 Å². The Morgan fingerprint density at radius 1 is 1.44 bits per heavy atom. The Balaban J connectivity index is 2.63. The van der Waals surface area contributed by atoms with Crippen LogP contribution in [-0.4, -0.2) is 17.5 Å². The van der Waals surface area contributed by atoms with Crippen molar-refractivity contribution in [1.82, 2.24) is 0 Å². The quantitative estimate of drug-likeness (QED) is 0.571. The van der Waals surface area contributed by atoms with E-state index in [1.807, 2.05) is 0 Å². The minimum Gasteiger partial charge on any atom is -0.382 e. The summed E-state index contributed by atoms with van der Waals surface area (Å²) in [7, 11) is 0. The van der Waals surface area contributed by atoms with Crippen LogP contribution in [0.15, 0.2) is 24.3 Å². The van der Waals surface area contributed by atoms with E-state index in [9.17, 15) is 10.1 Å². The lowest BCUT2D eigenvalue weighted by molar-refractivity contribution is -0.384. The van der Waals surface area contributed by atoms with Gasteiger partial charge in [-0.3, -0.25) is 10.1 Å². The van der Waals surface area contributed by atoms with Crippen LogP contribution in [0.4, 0.5) is 11.4 Å². The molecule has 5 nitrogen and oxygen atoms in total. The second-order valence-electron chi connectivity index (χ2n) is 3.63. The maximum atomic E-state index is 10.5. The molecule has 3 N–H and O–H groups in total. The summed E-state index contributed by atoms with van der Waals surface area (Å²) in [5.74, 6) is 0. The molecule has 1 unspecified atom stereocenters. The molecule has 5 heteroatoms. The zero-order chi connectivity index (χ0) is 12.0. The van der Waals surface area contributed by atoms with E-state index in [-0.39, 0.29) is 5.69 Å². The van der Waals surface area contributed by atoms with Gasteiger partial charge in [-0.25, -0.2) is 0 Å². The van der Waals surface area contributed by atoms with Crippen LogP contribution in [0.2, 0.25) is 0 Å². The SMILES string of the molecule is CCC(CCN)Nc1ccc([N+](=O)[O-])cc1. The molecule has 0 amide bonds. The van der Waals surface area contributed by atoms with Gasteiger partial charge in [0, 0.05) is 23.9 Å². The third-order valence-corrected chi connectivity index (χ3v) is 2.46. The van der Waals surface area contributed by atoms with Gasteiger partial charge in [0.2, 0.25) is 0 Å². The Morgan fingerprint density at radius 3 is 2.50 bits per heavy atom. The van der Waals surface area contributed by atoms with E-state index in [2.05, 4.69) is 12.2 Å². The van der Waals surface area contributed by atoms with Gasteiger partial charge in [0.05, 0.1) is 4.92 Å². The monoisotopic (exact) mass is 223 g/mol. The molecule has 0 aromatic heterocycles. The summed E-state index contributed by atoms with van der Waals surface area (Å²) in [6, 6.07) is 6.76. The van der Waals surface area contributed by atoms with E-state index in [1.54, 1.807) is 12.1 Å². The zero-order valence-corrected chi connectivity index (χ0v) is 9.35. The predicted molar refractivity (Wildman–Crippen MR) is 64.5 cm³/mol. The summed E-state index contributed by atoms with van der Waals surface area (Å²) < 4.78 is 0. The summed E-state index contributed by atoms with van der Waals surface area (Å²) in [6.07, 6.45) is 1.88. The van der Waals surface area contributed by atoms with Crippen LogP contribution in [0.25, 0.3) is 0 Å². The van der Waals surface area contributed by atoms with Gasteiger partial charge in [-0.05, 0) is 31.5 Å². The molecule has 1 rings (SSSR count). The molecule has 88 valence electrons. The number of nitrogens with zero attached hydrogens (tertiary/aromatic N) is 1. The first-order valence-electron chi connectivity index (χ1n) is 5.38. The molecule has 1 aromatic rings. The fourth-order valence-corrected chi connectivity index (χ4v) is 1.49. The summed E-state index contributed by atoms with van der Waals surface area (Å²) in [5.41, 5.74) is 6.50. The van der Waals surface area contributed by atoms with Crippen LogP contribution < -0.4 is 11.1 Å². The van der Waals surface area contributed by atoms with Crippen molar-refractivity contribution in [3.8, 4) is 0 Å². The molecule has 0 saturated carbocycles. The number of hydrogen-bond donors (Lipinski definition) is 2. The fraction of sp³-hybridized carbons (Fsp3) is 0.455. The molecule has 0 fully saturated rings. The van der Waals surface area contributed by atoms with Crippen molar-refractivity contribution in [3.05, 3.63) is 34.4 Å². The Bertz CT molecular complexity index is 338. The van der Waals surface area contributed by atoms with Gasteiger partial charge in [0.15, 0.2) is 0 Å². The fourth-order valence-electron chi connectivity index (χ4n) is 1.49. The van der Waals surface area contributed by atoms with Gasteiger partial charge in [0.1, 0.15) is 0 Å². The molecule has 1 aromatic carbocycles. The maximum Gasteiger partial charge on any atom is 0.269 e. The van der Waals surface area contributed by atoms with Gasteiger partial charge in [-0.2, -0.15) is 0 Å². The molecule has 1 atom stereocenters. The van der Waals surface area contributed by atoms with Crippen LogP contribution in [0.3, 0.4) is 0 Å². The molecular formula is C11H17N3O2. The van der Waals surface area contributed by atoms with Crippen LogP contribution >= 0.6 is 0 Å². The molecule has 0 spiro atoms. The van der Waals surface area contributed by atoms with Gasteiger partial charge in [0.25, 0.3) is 5.69 Å². The van der Waals surface area contributed by atoms with E-state index >= 15 is 0 Å². The van der Waals surface area contributed by atoms with Crippen molar-refractivity contribution < 1.29 is 4.92 Å². The summed E-state index contributed by atoms with van der Waals surface area (Å²) in [6.45, 7) is 2.72. The Hall–Kier alpha value is -1.62. The molecular weight excluding hydrogens is 206 g/mol. The Morgan fingerprint density at radius 2 is 2.06 bits per heavy atom. The largest absolute Gasteiger partial charge is 0.382 e. The average molecular weight is 223 g/mol. The van der Waals surface area contributed by atoms with Gasteiger partial charge < -0.3 is 11.1 Å². The molecule has 0 aliphatic heterocycles. The van der Waals surface area contributed by atoms with Crippen molar-refractivity contribution in [2.45, 2.75) is 25.8 Å². The maximum absolute atomic E-state index is 10.5. The van der Waals surface area contributed by atoms with Crippen molar-refractivity contribution in [3.63, 3.8) is 0 Å². The highest BCUT2D eigenvalue weighted by atomic mass is 16.6. The number of nitro benzene ring substituents is 1. The number of non-ortho nitro benzene ring substituents is 1. The first-order valence-corrected chi connectivity index (χ1v) is 5.38. The van der Waals surface area contributed by atoms with Crippen molar-refractivity contribution in [2.24, 2.45) is 5.73 Å². The number of nitrogens with one attached hydrogen (secondary N) is 1. The third-order valence-electron chi connectivity index (χ3n) is 2.46. The average Bonchev–Trinajstić information content (AvgIpc) is 2.29. The second-order valence-corrected chi connectivity index (χ2v) is 3.63. The first-order chi connectivity index (χ1) is 7.67. The van der Waals surface area contributed by atoms with Crippen molar-refractivity contribution >= 4 is 11.4 Å². The van der Waals surface area contributed by atoms with Gasteiger partial charge >= 0.3 is 0 Å².